The molecule has 1 atom stereocenters. The maximum atomic E-state index is 12.1. The molecule has 3 aliphatic rings. The first kappa shape index (κ1) is 20.7. The minimum Gasteiger partial charge on any atom is -0.487 e. The molecule has 162 valence electrons. The summed E-state index contributed by atoms with van der Waals surface area (Å²) in [6.07, 6.45) is 2.96. The highest BCUT2D eigenvalue weighted by Crippen LogP contribution is 2.38. The van der Waals surface area contributed by atoms with Crippen molar-refractivity contribution in [2.75, 3.05) is 19.6 Å². The van der Waals surface area contributed by atoms with Crippen molar-refractivity contribution in [3.05, 3.63) is 29.3 Å². The zero-order valence-electron chi connectivity index (χ0n) is 17.6. The number of imide groups is 1. The van der Waals surface area contributed by atoms with Crippen LogP contribution in [0.15, 0.2) is 18.2 Å². The Labute approximate surface area is 176 Å². The van der Waals surface area contributed by atoms with Crippen molar-refractivity contribution in [3.8, 4) is 5.75 Å². The van der Waals surface area contributed by atoms with Crippen LogP contribution in [-0.2, 0) is 22.6 Å². The summed E-state index contributed by atoms with van der Waals surface area (Å²) in [5, 5.41) is 7.50. The van der Waals surface area contributed by atoms with Crippen molar-refractivity contribution in [1.29, 1.82) is 0 Å². The molecule has 0 bridgehead atoms. The molecule has 2 fully saturated rings. The second-order valence-corrected chi connectivity index (χ2v) is 9.19. The van der Waals surface area contributed by atoms with E-state index in [1.807, 2.05) is 0 Å². The number of para-hydroxylation sites is 1. The van der Waals surface area contributed by atoms with Crippen molar-refractivity contribution >= 4 is 17.8 Å². The summed E-state index contributed by atoms with van der Waals surface area (Å²) < 4.78 is 6.19. The zero-order valence-corrected chi connectivity index (χ0v) is 17.6. The van der Waals surface area contributed by atoms with E-state index in [1.165, 1.54) is 11.1 Å². The molecule has 8 heteroatoms. The number of likely N-dealkylation sites (tertiary alicyclic amines) is 1. The summed E-state index contributed by atoms with van der Waals surface area (Å²) in [5.41, 5.74) is 2.41. The molecule has 1 unspecified atom stereocenters. The van der Waals surface area contributed by atoms with Crippen LogP contribution < -0.4 is 20.7 Å². The smallest absolute Gasteiger partial charge is 0.322 e. The molecule has 1 aromatic carbocycles. The third-order valence-electron chi connectivity index (χ3n) is 6.11. The molecule has 0 spiro atoms. The molecule has 4 rings (SSSR count). The van der Waals surface area contributed by atoms with E-state index in [0.717, 1.165) is 44.6 Å². The van der Waals surface area contributed by atoms with Gasteiger partial charge in [0.05, 0.1) is 6.42 Å². The van der Waals surface area contributed by atoms with Gasteiger partial charge < -0.3 is 15.4 Å². The molecule has 0 radical (unpaired) electrons. The molecule has 3 heterocycles. The molecule has 0 aromatic heterocycles. The minimum atomic E-state index is -0.765. The van der Waals surface area contributed by atoms with Gasteiger partial charge in [0, 0.05) is 25.1 Å². The number of nitrogens with zero attached hydrogens (tertiary/aromatic N) is 1. The number of carbonyl (C=O) groups is 3. The summed E-state index contributed by atoms with van der Waals surface area (Å²) in [5.74, 6) is 0.830. The van der Waals surface area contributed by atoms with Crippen LogP contribution in [0, 0.1) is 5.92 Å². The van der Waals surface area contributed by atoms with E-state index in [-0.39, 0.29) is 17.9 Å². The SMILES string of the molecule is CC1(C)Cc2cccc(CN3CCC(CNC(=O)CC4NC(=O)NC4=O)CC3)c2O1. The summed E-state index contributed by atoms with van der Waals surface area (Å²) in [4.78, 5) is 37.2. The molecular weight excluding hydrogens is 384 g/mol. The molecule has 3 N–H and O–H groups in total. The third kappa shape index (κ3) is 4.75. The maximum Gasteiger partial charge on any atom is 0.322 e. The minimum absolute atomic E-state index is 0.0219. The van der Waals surface area contributed by atoms with Gasteiger partial charge in [-0.1, -0.05) is 18.2 Å². The van der Waals surface area contributed by atoms with Gasteiger partial charge in [-0.3, -0.25) is 19.8 Å². The molecule has 30 heavy (non-hydrogen) atoms. The highest BCUT2D eigenvalue weighted by Gasteiger charge is 2.33. The molecule has 2 saturated heterocycles. The molecule has 4 amide bonds. The van der Waals surface area contributed by atoms with Crippen LogP contribution in [-0.4, -0.2) is 54.0 Å². The van der Waals surface area contributed by atoms with Crippen LogP contribution in [0.2, 0.25) is 0 Å². The Hall–Kier alpha value is -2.61. The number of benzene rings is 1. The number of carbonyl (C=O) groups excluding carboxylic acids is 3. The van der Waals surface area contributed by atoms with E-state index in [9.17, 15) is 14.4 Å². The van der Waals surface area contributed by atoms with Crippen molar-refractivity contribution in [1.82, 2.24) is 20.9 Å². The fraction of sp³-hybridized carbons (Fsp3) is 0.591. The van der Waals surface area contributed by atoms with Crippen LogP contribution in [0.4, 0.5) is 4.79 Å². The third-order valence-corrected chi connectivity index (χ3v) is 6.11. The lowest BCUT2D eigenvalue weighted by molar-refractivity contribution is -0.126. The van der Waals surface area contributed by atoms with Crippen molar-refractivity contribution in [3.63, 3.8) is 0 Å². The fourth-order valence-corrected chi connectivity index (χ4v) is 4.51. The van der Waals surface area contributed by atoms with Gasteiger partial charge in [0.15, 0.2) is 0 Å². The van der Waals surface area contributed by atoms with Crippen LogP contribution >= 0.6 is 0 Å². The molecular formula is C22H30N4O4. The number of fused-ring (bicyclic) bond motifs is 1. The van der Waals surface area contributed by atoms with Gasteiger partial charge in [-0.2, -0.15) is 0 Å². The average Bonchev–Trinajstić information content (AvgIpc) is 3.18. The van der Waals surface area contributed by atoms with Gasteiger partial charge >= 0.3 is 6.03 Å². The maximum absolute atomic E-state index is 12.1. The van der Waals surface area contributed by atoms with Gasteiger partial charge in [-0.15, -0.1) is 0 Å². The highest BCUT2D eigenvalue weighted by atomic mass is 16.5. The topological polar surface area (TPSA) is 99.8 Å². The first-order chi connectivity index (χ1) is 14.3. The molecule has 1 aromatic rings. The number of hydrogen-bond donors (Lipinski definition) is 3. The number of amides is 4. The van der Waals surface area contributed by atoms with E-state index in [1.54, 1.807) is 0 Å². The Balaban J connectivity index is 1.21. The van der Waals surface area contributed by atoms with Crippen LogP contribution in [0.5, 0.6) is 5.75 Å². The van der Waals surface area contributed by atoms with Crippen molar-refractivity contribution < 1.29 is 19.1 Å². The van der Waals surface area contributed by atoms with E-state index in [2.05, 4.69) is 52.9 Å². The van der Waals surface area contributed by atoms with Gasteiger partial charge in [0.25, 0.3) is 5.91 Å². The second kappa shape index (κ2) is 8.26. The lowest BCUT2D eigenvalue weighted by Crippen LogP contribution is -2.40. The monoisotopic (exact) mass is 414 g/mol. The van der Waals surface area contributed by atoms with E-state index in [0.29, 0.717) is 12.5 Å². The Kier molecular flexibility index (Phi) is 5.69. The normalized spacial score (nSPS) is 23.5. The molecule has 0 aliphatic carbocycles. The van der Waals surface area contributed by atoms with Crippen LogP contribution in [0.1, 0.15) is 44.2 Å². The predicted molar refractivity (Wildman–Crippen MR) is 111 cm³/mol. The van der Waals surface area contributed by atoms with E-state index in [4.69, 9.17) is 4.74 Å². The molecule has 0 saturated carbocycles. The summed E-state index contributed by atoms with van der Waals surface area (Å²) >= 11 is 0. The van der Waals surface area contributed by atoms with Crippen LogP contribution in [0.3, 0.4) is 0 Å². The summed E-state index contributed by atoms with van der Waals surface area (Å²) in [6, 6.07) is 5.13. The number of nitrogens with one attached hydrogen (secondary N) is 3. The van der Waals surface area contributed by atoms with Crippen molar-refractivity contribution in [2.24, 2.45) is 5.92 Å². The van der Waals surface area contributed by atoms with Gasteiger partial charge in [0.2, 0.25) is 5.91 Å². The number of rotatable bonds is 6. The standard InChI is InChI=1S/C22H30N4O4/c1-22(2)11-15-4-3-5-16(19(15)30-22)13-26-8-6-14(7-9-26)12-23-18(27)10-17-20(28)25-21(29)24-17/h3-5,14,17H,6-13H2,1-2H3,(H,23,27)(H2,24,25,28,29). The Bertz CT molecular complexity index is 846. The first-order valence-electron chi connectivity index (χ1n) is 10.7. The zero-order chi connectivity index (χ0) is 21.3. The van der Waals surface area contributed by atoms with E-state index >= 15 is 0 Å². The second-order valence-electron chi connectivity index (χ2n) is 9.19. The number of ether oxygens (including phenoxy) is 1. The lowest BCUT2D eigenvalue weighted by atomic mass is 9.96. The van der Waals surface area contributed by atoms with Gasteiger partial charge in [-0.25, -0.2) is 4.79 Å². The molecule has 3 aliphatic heterocycles. The summed E-state index contributed by atoms with van der Waals surface area (Å²) in [7, 11) is 0. The summed E-state index contributed by atoms with van der Waals surface area (Å²) in [6.45, 7) is 7.71. The van der Waals surface area contributed by atoms with Crippen LogP contribution in [0.25, 0.3) is 0 Å². The van der Waals surface area contributed by atoms with E-state index < -0.39 is 18.0 Å². The number of urea groups is 1. The number of piperidine rings is 1. The molecule has 8 nitrogen and oxygen atoms in total. The Morgan fingerprint density at radius 3 is 2.73 bits per heavy atom. The quantitative estimate of drug-likeness (QED) is 0.610. The fourth-order valence-electron chi connectivity index (χ4n) is 4.51. The van der Waals surface area contributed by atoms with Crippen molar-refractivity contribution in [2.45, 2.75) is 57.7 Å². The lowest BCUT2D eigenvalue weighted by Gasteiger charge is -2.32. The Morgan fingerprint density at radius 2 is 2.03 bits per heavy atom. The number of hydrogen-bond acceptors (Lipinski definition) is 5. The first-order valence-corrected chi connectivity index (χ1v) is 10.7. The predicted octanol–water partition coefficient (Wildman–Crippen LogP) is 1.33. The average molecular weight is 415 g/mol. The van der Waals surface area contributed by atoms with Gasteiger partial charge in [0.1, 0.15) is 17.4 Å². The van der Waals surface area contributed by atoms with Gasteiger partial charge in [-0.05, 0) is 51.3 Å². The Morgan fingerprint density at radius 1 is 1.27 bits per heavy atom. The highest BCUT2D eigenvalue weighted by molar-refractivity contribution is 6.05. The largest absolute Gasteiger partial charge is 0.487 e.